The zero-order chi connectivity index (χ0) is 10.8. The maximum atomic E-state index is 11.2. The van der Waals surface area contributed by atoms with Gasteiger partial charge < -0.3 is 0 Å². The molecule has 0 unspecified atom stereocenters. The van der Waals surface area contributed by atoms with E-state index in [9.17, 15) is 19.2 Å². The van der Waals surface area contributed by atoms with Gasteiger partial charge in [0.2, 0.25) is 0 Å². The summed E-state index contributed by atoms with van der Waals surface area (Å²) in [5.41, 5.74) is 0. The first kappa shape index (κ1) is 12.2. The van der Waals surface area contributed by atoms with Crippen LogP contribution in [0.1, 0.15) is 27.7 Å². The number of carbonyl (C=O) groups excluding carboxylic acids is 4. The predicted octanol–water partition coefficient (Wildman–Crippen LogP) is -0.0520. The summed E-state index contributed by atoms with van der Waals surface area (Å²) < 4.78 is -2.08. The van der Waals surface area contributed by atoms with Gasteiger partial charge in [-0.25, -0.2) is 0 Å². The molecule has 0 aliphatic rings. The summed E-state index contributed by atoms with van der Waals surface area (Å²) in [6.45, 7) is 4.63. The summed E-state index contributed by atoms with van der Waals surface area (Å²) in [6.07, 6.45) is 0. The SMILES string of the molecule is C[C](=O)[Ge]([C](C)=O)([C](C)=O)[C](C)=O. The van der Waals surface area contributed by atoms with Crippen LogP contribution >= 0.6 is 0 Å². The first-order valence-electron chi connectivity index (χ1n) is 3.82. The standard InChI is InChI=1S/C8H12GeO4/c1-5(10)9(6(2)11,7(3)12)8(4)13/h1-4H3. The Balaban J connectivity index is 5.60. The molecule has 0 aromatic carbocycles. The van der Waals surface area contributed by atoms with Gasteiger partial charge in [0.25, 0.3) is 0 Å². The van der Waals surface area contributed by atoms with Gasteiger partial charge in [-0.15, -0.1) is 0 Å². The molecule has 0 aromatic heterocycles. The van der Waals surface area contributed by atoms with Crippen LogP contribution in [-0.4, -0.2) is 31.7 Å². The Morgan fingerprint density at radius 1 is 0.615 bits per heavy atom. The molecule has 0 spiro atoms. The van der Waals surface area contributed by atoms with Gasteiger partial charge in [-0.1, -0.05) is 0 Å². The fourth-order valence-electron chi connectivity index (χ4n) is 1.49. The van der Waals surface area contributed by atoms with Gasteiger partial charge in [0.05, 0.1) is 0 Å². The third kappa shape index (κ3) is 1.77. The minimum absolute atomic E-state index is 0.521. The van der Waals surface area contributed by atoms with Crippen molar-refractivity contribution < 1.29 is 19.2 Å². The van der Waals surface area contributed by atoms with E-state index >= 15 is 0 Å². The Kier molecular flexibility index (Phi) is 3.72. The molecule has 0 bridgehead atoms. The molecule has 0 radical (unpaired) electrons. The van der Waals surface area contributed by atoms with Crippen molar-refractivity contribution in [3.05, 3.63) is 0 Å². The molecule has 0 aliphatic carbocycles. The van der Waals surface area contributed by atoms with Crippen LogP contribution in [0.4, 0.5) is 0 Å². The van der Waals surface area contributed by atoms with Crippen LogP contribution < -0.4 is 0 Å². The molecule has 0 saturated heterocycles. The van der Waals surface area contributed by atoms with Gasteiger partial charge in [-0.2, -0.15) is 0 Å². The summed E-state index contributed by atoms with van der Waals surface area (Å²) in [5.74, 6) is 0. The van der Waals surface area contributed by atoms with Crippen molar-refractivity contribution in [2.75, 3.05) is 0 Å². The fourth-order valence-corrected chi connectivity index (χ4v) is 7.73. The molecule has 0 aliphatic heterocycles. The number of rotatable bonds is 4. The van der Waals surface area contributed by atoms with Crippen molar-refractivity contribution in [2.24, 2.45) is 0 Å². The molecule has 5 heteroatoms. The third-order valence-corrected chi connectivity index (χ3v) is 11.0. The van der Waals surface area contributed by atoms with Gasteiger partial charge >= 0.3 is 78.6 Å². The first-order valence-corrected chi connectivity index (χ1v) is 8.01. The van der Waals surface area contributed by atoms with Crippen LogP contribution in [0.5, 0.6) is 0 Å². The van der Waals surface area contributed by atoms with Gasteiger partial charge in [0.1, 0.15) is 0 Å². The van der Waals surface area contributed by atoms with Crippen molar-refractivity contribution in [3.63, 3.8) is 0 Å². The number of hydrogen-bond donors (Lipinski definition) is 0. The Hall–Kier alpha value is -0.777. The Morgan fingerprint density at radius 3 is 0.769 bits per heavy atom. The molecule has 0 amide bonds. The predicted molar refractivity (Wildman–Crippen MR) is 48.5 cm³/mol. The second kappa shape index (κ2) is 3.95. The molecule has 0 atom stereocenters. The van der Waals surface area contributed by atoms with E-state index in [-0.39, 0.29) is 0 Å². The van der Waals surface area contributed by atoms with Crippen LogP contribution in [0.2, 0.25) is 0 Å². The first-order chi connectivity index (χ1) is 5.77. The monoisotopic (exact) mass is 246 g/mol. The molecular weight excluding hydrogens is 233 g/mol. The molecular formula is C8H12GeO4. The topological polar surface area (TPSA) is 68.3 Å². The molecule has 0 fully saturated rings. The van der Waals surface area contributed by atoms with E-state index < -0.39 is 31.7 Å². The second-order valence-corrected chi connectivity index (χ2v) is 12.0. The molecule has 0 saturated carbocycles. The van der Waals surface area contributed by atoms with E-state index in [0.29, 0.717) is 0 Å². The fraction of sp³-hybridized carbons (Fsp3) is 0.500. The van der Waals surface area contributed by atoms with E-state index in [1.807, 2.05) is 0 Å². The molecule has 0 rings (SSSR count). The van der Waals surface area contributed by atoms with E-state index in [2.05, 4.69) is 0 Å². The van der Waals surface area contributed by atoms with Crippen LogP contribution in [0.3, 0.4) is 0 Å². The molecule has 0 N–H and O–H groups in total. The second-order valence-electron chi connectivity index (χ2n) is 2.97. The summed E-state index contributed by atoms with van der Waals surface area (Å²) in [5, 5.41) is 0. The maximum absolute atomic E-state index is 11.2. The molecule has 13 heavy (non-hydrogen) atoms. The quantitative estimate of drug-likeness (QED) is 0.651. The molecule has 4 nitrogen and oxygen atoms in total. The van der Waals surface area contributed by atoms with E-state index in [4.69, 9.17) is 0 Å². The summed E-state index contributed by atoms with van der Waals surface area (Å²) in [7, 11) is 0. The number of carbonyl (C=O) groups is 4. The zero-order valence-electron chi connectivity index (χ0n) is 8.13. The van der Waals surface area contributed by atoms with Gasteiger partial charge in [0.15, 0.2) is 0 Å². The van der Waals surface area contributed by atoms with Crippen molar-refractivity contribution >= 4 is 31.7 Å². The zero-order valence-corrected chi connectivity index (χ0v) is 10.2. The van der Waals surface area contributed by atoms with Crippen molar-refractivity contribution in [3.8, 4) is 0 Å². The normalized spacial score (nSPS) is 10.8. The summed E-state index contributed by atoms with van der Waals surface area (Å²) >= 11 is -4.22. The van der Waals surface area contributed by atoms with Crippen molar-refractivity contribution in [1.29, 1.82) is 0 Å². The van der Waals surface area contributed by atoms with Crippen LogP contribution in [0, 0.1) is 0 Å². The van der Waals surface area contributed by atoms with Gasteiger partial charge in [0, 0.05) is 0 Å². The average Bonchev–Trinajstić information content (AvgIpc) is 1.82. The van der Waals surface area contributed by atoms with Crippen LogP contribution in [0.25, 0.3) is 0 Å². The van der Waals surface area contributed by atoms with E-state index in [1.54, 1.807) is 0 Å². The van der Waals surface area contributed by atoms with E-state index in [1.165, 1.54) is 0 Å². The third-order valence-electron chi connectivity index (χ3n) is 2.11. The molecule has 0 aromatic rings. The van der Waals surface area contributed by atoms with Gasteiger partial charge in [-0.3, -0.25) is 0 Å². The van der Waals surface area contributed by atoms with Crippen molar-refractivity contribution in [1.82, 2.24) is 0 Å². The Bertz CT molecular complexity index is 231. The van der Waals surface area contributed by atoms with Crippen LogP contribution in [0.15, 0.2) is 0 Å². The van der Waals surface area contributed by atoms with Crippen molar-refractivity contribution in [2.45, 2.75) is 27.7 Å². The Labute approximate surface area is 79.0 Å². The average molecular weight is 245 g/mol. The van der Waals surface area contributed by atoms with Gasteiger partial charge in [-0.05, 0) is 0 Å². The van der Waals surface area contributed by atoms with E-state index in [0.717, 1.165) is 27.7 Å². The minimum atomic E-state index is -4.22. The number of hydrogen-bond acceptors (Lipinski definition) is 4. The molecule has 0 heterocycles. The molecule has 72 valence electrons. The summed E-state index contributed by atoms with van der Waals surface area (Å²) in [4.78, 5) is 44.8. The Morgan fingerprint density at radius 2 is 0.769 bits per heavy atom. The summed E-state index contributed by atoms with van der Waals surface area (Å²) in [6, 6.07) is 0. The van der Waals surface area contributed by atoms with Crippen LogP contribution in [-0.2, 0) is 19.2 Å².